The molecule has 6 nitrogen and oxygen atoms in total. The van der Waals surface area contributed by atoms with Gasteiger partial charge in [-0.2, -0.15) is 0 Å². The number of carbonyl (C=O) groups is 2. The predicted molar refractivity (Wildman–Crippen MR) is 89.6 cm³/mol. The molecule has 0 bridgehead atoms. The lowest BCUT2D eigenvalue weighted by molar-refractivity contribution is -0.123. The highest BCUT2D eigenvalue weighted by molar-refractivity contribution is 6.33. The van der Waals surface area contributed by atoms with Gasteiger partial charge in [0, 0.05) is 13.2 Å². The highest BCUT2D eigenvalue weighted by atomic mass is 35.5. The first-order valence-corrected chi connectivity index (χ1v) is 8.03. The minimum atomic E-state index is -0.215. The summed E-state index contributed by atoms with van der Waals surface area (Å²) >= 11 is 5.99. The van der Waals surface area contributed by atoms with Crippen LogP contribution >= 0.6 is 11.6 Å². The molecule has 2 N–H and O–H groups in total. The molecule has 0 radical (unpaired) electrons. The summed E-state index contributed by atoms with van der Waals surface area (Å²) in [6, 6.07) is 7.03. The van der Waals surface area contributed by atoms with Crippen LogP contribution in [0.2, 0.25) is 5.02 Å². The Kier molecular flexibility index (Phi) is 6.83. The van der Waals surface area contributed by atoms with Crippen LogP contribution in [0.1, 0.15) is 12.8 Å². The van der Waals surface area contributed by atoms with Crippen molar-refractivity contribution in [3.63, 3.8) is 0 Å². The predicted octanol–water partition coefficient (Wildman–Crippen LogP) is 1.51. The lowest BCUT2D eigenvalue weighted by atomic mass is 10.2. The molecule has 1 fully saturated rings. The fraction of sp³-hybridized carbons (Fsp3) is 0.500. The van der Waals surface area contributed by atoms with Gasteiger partial charge in [-0.15, -0.1) is 0 Å². The monoisotopic (exact) mass is 339 g/mol. The van der Waals surface area contributed by atoms with Crippen molar-refractivity contribution in [2.45, 2.75) is 18.9 Å². The molecule has 23 heavy (non-hydrogen) atoms. The van der Waals surface area contributed by atoms with Crippen molar-refractivity contribution >= 4 is 29.1 Å². The molecule has 0 aliphatic carbocycles. The molecule has 7 heteroatoms. The van der Waals surface area contributed by atoms with E-state index >= 15 is 0 Å². The standard InChI is InChI=1S/C16H22ClN3O3/c1-20(10-15(21)18-9-12-5-4-8-23-12)11-16(22)19-14-7-3-2-6-13(14)17/h2-3,6-7,12H,4-5,8-11H2,1H3,(H,18,21)(H,19,22)/t12-/m1/s1. The van der Waals surface area contributed by atoms with Gasteiger partial charge in [-0.1, -0.05) is 23.7 Å². The topological polar surface area (TPSA) is 70.7 Å². The fourth-order valence-corrected chi connectivity index (χ4v) is 2.57. The van der Waals surface area contributed by atoms with Crippen LogP contribution in [0, 0.1) is 0 Å². The maximum Gasteiger partial charge on any atom is 0.238 e. The third-order valence-electron chi connectivity index (χ3n) is 3.53. The number of hydrogen-bond acceptors (Lipinski definition) is 4. The average Bonchev–Trinajstić information content (AvgIpc) is 3.00. The SMILES string of the molecule is CN(CC(=O)NC[C@H]1CCCO1)CC(=O)Nc1ccccc1Cl. The van der Waals surface area contributed by atoms with E-state index in [1.165, 1.54) is 0 Å². The van der Waals surface area contributed by atoms with Crippen molar-refractivity contribution in [3.05, 3.63) is 29.3 Å². The van der Waals surface area contributed by atoms with Crippen LogP contribution in [-0.4, -0.2) is 56.1 Å². The molecule has 1 saturated heterocycles. The Morgan fingerprint density at radius 1 is 1.30 bits per heavy atom. The van der Waals surface area contributed by atoms with Crippen LogP contribution in [0.3, 0.4) is 0 Å². The maximum absolute atomic E-state index is 12.0. The molecule has 1 aromatic rings. The van der Waals surface area contributed by atoms with Crippen LogP contribution < -0.4 is 10.6 Å². The van der Waals surface area contributed by atoms with Crippen molar-refractivity contribution < 1.29 is 14.3 Å². The van der Waals surface area contributed by atoms with Gasteiger partial charge in [-0.25, -0.2) is 0 Å². The number of ether oxygens (including phenoxy) is 1. The third-order valence-corrected chi connectivity index (χ3v) is 3.86. The molecule has 0 saturated carbocycles. The van der Waals surface area contributed by atoms with E-state index in [2.05, 4.69) is 10.6 Å². The molecular formula is C16H22ClN3O3. The summed E-state index contributed by atoms with van der Waals surface area (Å²) in [5, 5.41) is 6.04. The van der Waals surface area contributed by atoms with E-state index in [0.717, 1.165) is 19.4 Å². The smallest absolute Gasteiger partial charge is 0.238 e. The van der Waals surface area contributed by atoms with E-state index in [9.17, 15) is 9.59 Å². The zero-order chi connectivity index (χ0) is 16.7. The molecule has 1 aliphatic rings. The minimum Gasteiger partial charge on any atom is -0.376 e. The Morgan fingerprint density at radius 3 is 2.74 bits per heavy atom. The summed E-state index contributed by atoms with van der Waals surface area (Å²) in [6.45, 7) is 1.56. The van der Waals surface area contributed by atoms with E-state index in [1.807, 2.05) is 0 Å². The number of para-hydroxylation sites is 1. The number of rotatable bonds is 7. The number of halogens is 1. The van der Waals surface area contributed by atoms with Gasteiger partial charge in [0.25, 0.3) is 0 Å². The zero-order valence-corrected chi connectivity index (χ0v) is 13.9. The number of anilines is 1. The van der Waals surface area contributed by atoms with Gasteiger partial charge in [-0.05, 0) is 32.0 Å². The highest BCUT2D eigenvalue weighted by Gasteiger charge is 2.17. The van der Waals surface area contributed by atoms with E-state index in [4.69, 9.17) is 16.3 Å². The molecule has 0 aromatic heterocycles. The van der Waals surface area contributed by atoms with E-state index < -0.39 is 0 Å². The quantitative estimate of drug-likeness (QED) is 0.790. The van der Waals surface area contributed by atoms with Crippen LogP contribution in [0.15, 0.2) is 24.3 Å². The zero-order valence-electron chi connectivity index (χ0n) is 13.2. The Labute approximate surface area is 141 Å². The van der Waals surface area contributed by atoms with Crippen molar-refractivity contribution in [1.29, 1.82) is 0 Å². The first-order chi connectivity index (χ1) is 11.0. The molecule has 1 aliphatic heterocycles. The van der Waals surface area contributed by atoms with Gasteiger partial charge < -0.3 is 15.4 Å². The summed E-state index contributed by atoms with van der Waals surface area (Å²) in [5.74, 6) is -0.332. The van der Waals surface area contributed by atoms with Crippen molar-refractivity contribution in [2.75, 3.05) is 38.6 Å². The molecule has 2 rings (SSSR count). The fourth-order valence-electron chi connectivity index (χ4n) is 2.39. The van der Waals surface area contributed by atoms with Gasteiger partial charge in [-0.3, -0.25) is 14.5 Å². The minimum absolute atomic E-state index is 0.110. The number of benzene rings is 1. The van der Waals surface area contributed by atoms with Crippen LogP contribution in [0.25, 0.3) is 0 Å². The molecule has 1 heterocycles. The van der Waals surface area contributed by atoms with Crippen LogP contribution in [0.5, 0.6) is 0 Å². The number of hydrogen-bond donors (Lipinski definition) is 2. The molecule has 126 valence electrons. The average molecular weight is 340 g/mol. The van der Waals surface area contributed by atoms with Gasteiger partial charge in [0.1, 0.15) is 0 Å². The van der Waals surface area contributed by atoms with E-state index in [0.29, 0.717) is 17.3 Å². The number of likely N-dealkylation sites (N-methyl/N-ethyl adjacent to an activating group) is 1. The third kappa shape index (κ3) is 6.17. The molecule has 1 atom stereocenters. The Hall–Kier alpha value is -1.63. The molecule has 2 amide bonds. The summed E-state index contributed by atoms with van der Waals surface area (Å²) in [5.41, 5.74) is 0.565. The number of nitrogens with one attached hydrogen (secondary N) is 2. The summed E-state index contributed by atoms with van der Waals surface area (Å²) in [7, 11) is 1.72. The maximum atomic E-state index is 12.0. The first-order valence-electron chi connectivity index (χ1n) is 7.66. The second kappa shape index (κ2) is 8.86. The summed E-state index contributed by atoms with van der Waals surface area (Å²) in [6.07, 6.45) is 2.15. The lowest BCUT2D eigenvalue weighted by Crippen LogP contribution is -2.41. The van der Waals surface area contributed by atoms with E-state index in [1.54, 1.807) is 36.2 Å². The van der Waals surface area contributed by atoms with Gasteiger partial charge >= 0.3 is 0 Å². The largest absolute Gasteiger partial charge is 0.376 e. The summed E-state index contributed by atoms with van der Waals surface area (Å²) in [4.78, 5) is 25.5. The molecule has 0 spiro atoms. The number of amides is 2. The second-order valence-corrected chi connectivity index (χ2v) is 6.05. The Bertz CT molecular complexity index is 547. The molecular weight excluding hydrogens is 318 g/mol. The number of nitrogens with zero attached hydrogens (tertiary/aromatic N) is 1. The highest BCUT2D eigenvalue weighted by Crippen LogP contribution is 2.20. The normalized spacial score (nSPS) is 17.3. The molecule has 1 aromatic carbocycles. The van der Waals surface area contributed by atoms with E-state index in [-0.39, 0.29) is 31.0 Å². The van der Waals surface area contributed by atoms with Gasteiger partial charge in [0.2, 0.25) is 11.8 Å². The number of carbonyl (C=O) groups excluding carboxylic acids is 2. The first kappa shape index (κ1) is 17.7. The van der Waals surface area contributed by atoms with Crippen molar-refractivity contribution in [2.24, 2.45) is 0 Å². The lowest BCUT2D eigenvalue weighted by Gasteiger charge is -2.17. The Balaban J connectivity index is 1.68. The van der Waals surface area contributed by atoms with Crippen molar-refractivity contribution in [3.8, 4) is 0 Å². The van der Waals surface area contributed by atoms with Crippen molar-refractivity contribution in [1.82, 2.24) is 10.2 Å². The van der Waals surface area contributed by atoms with Gasteiger partial charge in [0.05, 0.1) is 29.9 Å². The summed E-state index contributed by atoms with van der Waals surface area (Å²) < 4.78 is 5.45. The van der Waals surface area contributed by atoms with Crippen LogP contribution in [0.4, 0.5) is 5.69 Å². The van der Waals surface area contributed by atoms with Gasteiger partial charge in [0.15, 0.2) is 0 Å². The van der Waals surface area contributed by atoms with Crippen LogP contribution in [-0.2, 0) is 14.3 Å². The molecule has 0 unspecified atom stereocenters. The Morgan fingerprint density at radius 2 is 2.04 bits per heavy atom. The second-order valence-electron chi connectivity index (χ2n) is 5.64.